The Morgan fingerprint density at radius 2 is 1.97 bits per heavy atom. The topological polar surface area (TPSA) is 72.2 Å². The predicted octanol–water partition coefficient (Wildman–Crippen LogP) is 4.41. The SMILES string of the molecule is CC(C)(C)OC1CC(n2ccc3c(NC4CCc5ccccc54)ncnc32)CC1O. The van der Waals surface area contributed by atoms with Crippen LogP contribution in [-0.2, 0) is 11.2 Å². The summed E-state index contributed by atoms with van der Waals surface area (Å²) in [6.07, 6.45) is 6.73. The first-order valence-electron chi connectivity index (χ1n) is 10.9. The quantitative estimate of drug-likeness (QED) is 0.671. The van der Waals surface area contributed by atoms with E-state index in [9.17, 15) is 5.11 Å². The van der Waals surface area contributed by atoms with E-state index in [0.717, 1.165) is 36.1 Å². The third-order valence-electron chi connectivity index (χ3n) is 6.30. The maximum atomic E-state index is 10.5. The first kappa shape index (κ1) is 19.5. The monoisotopic (exact) mass is 406 g/mol. The molecule has 2 heterocycles. The van der Waals surface area contributed by atoms with Crippen molar-refractivity contribution in [3.63, 3.8) is 0 Å². The summed E-state index contributed by atoms with van der Waals surface area (Å²) < 4.78 is 8.27. The molecule has 30 heavy (non-hydrogen) atoms. The Labute approximate surface area is 177 Å². The number of aliphatic hydroxyl groups excluding tert-OH is 1. The summed E-state index contributed by atoms with van der Waals surface area (Å²) >= 11 is 0. The number of nitrogens with one attached hydrogen (secondary N) is 1. The fourth-order valence-electron chi connectivity index (χ4n) is 5.01. The van der Waals surface area contributed by atoms with Crippen LogP contribution in [0.5, 0.6) is 0 Å². The molecule has 6 nitrogen and oxygen atoms in total. The summed E-state index contributed by atoms with van der Waals surface area (Å²) in [6.45, 7) is 6.10. The lowest BCUT2D eigenvalue weighted by molar-refractivity contribution is -0.0977. The number of hydrogen-bond acceptors (Lipinski definition) is 5. The van der Waals surface area contributed by atoms with Crippen molar-refractivity contribution in [2.75, 3.05) is 5.32 Å². The normalized spacial score (nSPS) is 26.3. The highest BCUT2D eigenvalue weighted by molar-refractivity contribution is 5.87. The van der Waals surface area contributed by atoms with Gasteiger partial charge in [-0.15, -0.1) is 0 Å². The molecule has 4 unspecified atom stereocenters. The van der Waals surface area contributed by atoms with Crippen LogP contribution in [0.3, 0.4) is 0 Å². The van der Waals surface area contributed by atoms with Gasteiger partial charge in [0, 0.05) is 12.2 Å². The van der Waals surface area contributed by atoms with Gasteiger partial charge in [0.05, 0.1) is 29.2 Å². The van der Waals surface area contributed by atoms with Gasteiger partial charge in [0.1, 0.15) is 17.8 Å². The Kier molecular flexibility index (Phi) is 4.79. The van der Waals surface area contributed by atoms with Gasteiger partial charge in [0.25, 0.3) is 0 Å². The molecular weight excluding hydrogens is 376 g/mol. The number of anilines is 1. The summed E-state index contributed by atoms with van der Waals surface area (Å²) in [7, 11) is 0. The van der Waals surface area contributed by atoms with Crippen molar-refractivity contribution in [3.05, 3.63) is 54.0 Å². The highest BCUT2D eigenvalue weighted by atomic mass is 16.5. The zero-order chi connectivity index (χ0) is 20.9. The molecule has 1 fully saturated rings. The molecule has 0 spiro atoms. The number of rotatable bonds is 4. The van der Waals surface area contributed by atoms with Crippen LogP contribution in [0.15, 0.2) is 42.9 Å². The minimum Gasteiger partial charge on any atom is -0.390 e. The average molecular weight is 407 g/mol. The maximum Gasteiger partial charge on any atom is 0.145 e. The van der Waals surface area contributed by atoms with E-state index in [1.54, 1.807) is 6.33 Å². The molecule has 1 aromatic carbocycles. The first-order valence-corrected chi connectivity index (χ1v) is 10.9. The second-order valence-corrected chi connectivity index (χ2v) is 9.58. The van der Waals surface area contributed by atoms with E-state index in [1.807, 2.05) is 20.8 Å². The van der Waals surface area contributed by atoms with Gasteiger partial charge >= 0.3 is 0 Å². The van der Waals surface area contributed by atoms with Crippen LogP contribution in [0, 0.1) is 0 Å². The van der Waals surface area contributed by atoms with Crippen LogP contribution in [-0.4, -0.2) is 37.5 Å². The molecule has 6 heteroatoms. The van der Waals surface area contributed by atoms with Crippen LogP contribution in [0.2, 0.25) is 0 Å². The van der Waals surface area contributed by atoms with Gasteiger partial charge in [-0.3, -0.25) is 0 Å². The molecule has 1 saturated carbocycles. The summed E-state index contributed by atoms with van der Waals surface area (Å²) in [4.78, 5) is 9.13. The molecule has 3 aromatic rings. The Balaban J connectivity index is 1.40. The average Bonchev–Trinajstić information content (AvgIpc) is 3.39. The van der Waals surface area contributed by atoms with E-state index in [2.05, 4.69) is 56.4 Å². The van der Waals surface area contributed by atoms with Gasteiger partial charge in [0.15, 0.2) is 0 Å². The minimum absolute atomic E-state index is 0.151. The third-order valence-corrected chi connectivity index (χ3v) is 6.30. The molecule has 0 radical (unpaired) electrons. The lowest BCUT2D eigenvalue weighted by Crippen LogP contribution is -2.32. The molecule has 2 N–H and O–H groups in total. The number of nitrogens with zero attached hydrogens (tertiary/aromatic N) is 3. The second-order valence-electron chi connectivity index (χ2n) is 9.58. The number of ether oxygens (including phenoxy) is 1. The van der Waals surface area contributed by atoms with Gasteiger partial charge in [-0.2, -0.15) is 0 Å². The lowest BCUT2D eigenvalue weighted by atomic mass is 10.1. The molecule has 2 aliphatic carbocycles. The number of aryl methyl sites for hydroxylation is 1. The number of hydrogen-bond donors (Lipinski definition) is 2. The van der Waals surface area contributed by atoms with Gasteiger partial charge in [-0.25, -0.2) is 9.97 Å². The van der Waals surface area contributed by atoms with Crippen molar-refractivity contribution in [1.29, 1.82) is 0 Å². The van der Waals surface area contributed by atoms with Gasteiger partial charge in [-0.1, -0.05) is 24.3 Å². The summed E-state index contributed by atoms with van der Waals surface area (Å²) in [5, 5.41) is 15.2. The molecular formula is C24H30N4O2. The Morgan fingerprint density at radius 1 is 1.13 bits per heavy atom. The molecule has 4 atom stereocenters. The summed E-state index contributed by atoms with van der Waals surface area (Å²) in [5.41, 5.74) is 3.43. The molecule has 0 saturated heterocycles. The molecule has 5 rings (SSSR count). The molecule has 0 aliphatic heterocycles. The first-order chi connectivity index (χ1) is 14.4. The Hall–Kier alpha value is -2.44. The van der Waals surface area contributed by atoms with E-state index < -0.39 is 6.10 Å². The Bertz CT molecular complexity index is 1050. The van der Waals surface area contributed by atoms with Crippen LogP contribution < -0.4 is 5.32 Å². The van der Waals surface area contributed by atoms with Crippen molar-refractivity contribution < 1.29 is 9.84 Å². The van der Waals surface area contributed by atoms with Crippen molar-refractivity contribution in [2.45, 2.75) is 76.3 Å². The molecule has 0 bridgehead atoms. The van der Waals surface area contributed by atoms with Gasteiger partial charge < -0.3 is 19.7 Å². The fourth-order valence-corrected chi connectivity index (χ4v) is 5.01. The van der Waals surface area contributed by atoms with Crippen molar-refractivity contribution >= 4 is 16.9 Å². The largest absolute Gasteiger partial charge is 0.390 e. The standard InChI is InChI=1S/C24H30N4O2/c1-24(2,3)30-21-13-16(12-20(21)29)28-11-10-18-22(25-14-26-23(18)28)27-19-9-8-15-6-4-5-7-17(15)19/h4-7,10-11,14,16,19-21,29H,8-9,12-13H2,1-3H3,(H,25,26,27). The minimum atomic E-state index is -0.457. The number of aromatic nitrogens is 3. The van der Waals surface area contributed by atoms with E-state index in [-0.39, 0.29) is 23.8 Å². The van der Waals surface area contributed by atoms with Gasteiger partial charge in [-0.05, 0) is 63.6 Å². The predicted molar refractivity (Wildman–Crippen MR) is 118 cm³/mol. The Morgan fingerprint density at radius 3 is 2.80 bits per heavy atom. The second kappa shape index (κ2) is 7.36. The van der Waals surface area contributed by atoms with Crippen LogP contribution in [0.25, 0.3) is 11.0 Å². The molecule has 2 aliphatic rings. The molecule has 0 amide bonds. The summed E-state index contributed by atoms with van der Waals surface area (Å²) in [6, 6.07) is 11.2. The fraction of sp³-hybridized carbons (Fsp3) is 0.500. The van der Waals surface area contributed by atoms with E-state index >= 15 is 0 Å². The number of fused-ring (bicyclic) bond motifs is 2. The number of benzene rings is 1. The van der Waals surface area contributed by atoms with Crippen LogP contribution in [0.4, 0.5) is 5.82 Å². The molecule has 158 valence electrons. The van der Waals surface area contributed by atoms with E-state index in [1.165, 1.54) is 11.1 Å². The summed E-state index contributed by atoms with van der Waals surface area (Å²) in [5.74, 6) is 0.876. The molecule has 2 aromatic heterocycles. The van der Waals surface area contributed by atoms with Crippen LogP contribution in [0.1, 0.15) is 63.2 Å². The van der Waals surface area contributed by atoms with Crippen molar-refractivity contribution in [2.24, 2.45) is 0 Å². The smallest absolute Gasteiger partial charge is 0.145 e. The zero-order valence-electron chi connectivity index (χ0n) is 17.9. The highest BCUT2D eigenvalue weighted by Crippen LogP contribution is 2.38. The van der Waals surface area contributed by atoms with Crippen LogP contribution >= 0.6 is 0 Å². The number of aliphatic hydroxyl groups is 1. The zero-order valence-corrected chi connectivity index (χ0v) is 17.9. The van der Waals surface area contributed by atoms with Crippen molar-refractivity contribution in [3.8, 4) is 0 Å². The third kappa shape index (κ3) is 3.59. The van der Waals surface area contributed by atoms with Crippen molar-refractivity contribution in [1.82, 2.24) is 14.5 Å². The van der Waals surface area contributed by atoms with E-state index in [0.29, 0.717) is 6.42 Å². The maximum absolute atomic E-state index is 10.5. The highest BCUT2D eigenvalue weighted by Gasteiger charge is 2.37. The van der Waals surface area contributed by atoms with E-state index in [4.69, 9.17) is 4.74 Å². The lowest BCUT2D eigenvalue weighted by Gasteiger charge is -2.26. The van der Waals surface area contributed by atoms with Gasteiger partial charge in [0.2, 0.25) is 0 Å².